The van der Waals surface area contributed by atoms with E-state index in [4.69, 9.17) is 0 Å². The molecule has 2 aliphatic heterocycles. The molecule has 0 bridgehead atoms. The van der Waals surface area contributed by atoms with Crippen LogP contribution >= 0.6 is 0 Å². The number of nitrogens with one attached hydrogen (secondary N) is 2. The Morgan fingerprint density at radius 2 is 1.07 bits per heavy atom. The molecule has 6 nitrogen and oxygen atoms in total. The monoisotopic (exact) mass is 439 g/mol. The Balaban J connectivity index is 0.000000200. The Morgan fingerprint density at radius 1 is 0.690 bits per heavy atom. The van der Waals surface area contributed by atoms with Crippen molar-refractivity contribution in [3.8, 4) is 0 Å². The van der Waals surface area contributed by atoms with Crippen LogP contribution in [0.1, 0.15) is 0 Å². The molecule has 2 fully saturated rings. The van der Waals surface area contributed by atoms with E-state index in [1.807, 2.05) is 24.3 Å². The molecular formula is C22H28CoN4O2+2. The van der Waals surface area contributed by atoms with Crippen molar-refractivity contribution in [2.75, 3.05) is 52.4 Å². The summed E-state index contributed by atoms with van der Waals surface area (Å²) in [6.07, 6.45) is 17.7. The first-order valence-electron chi connectivity index (χ1n) is 9.82. The van der Waals surface area contributed by atoms with Crippen LogP contribution in [0.3, 0.4) is 0 Å². The maximum Gasteiger partial charge on any atom is 2.00 e. The summed E-state index contributed by atoms with van der Waals surface area (Å²) in [7, 11) is 0. The molecule has 2 heterocycles. The van der Waals surface area contributed by atoms with E-state index in [-0.39, 0.29) is 28.3 Å². The fraction of sp³-hybridized carbons (Fsp3) is 0.364. The Hall–Kier alpha value is -2.19. The number of rotatable bonds is 8. The van der Waals surface area contributed by atoms with Gasteiger partial charge >= 0.3 is 16.8 Å². The summed E-state index contributed by atoms with van der Waals surface area (Å²) in [4.78, 5) is 27.2. The maximum absolute atomic E-state index is 11.3. The second-order valence-corrected chi connectivity index (χ2v) is 6.96. The Morgan fingerprint density at radius 3 is 1.41 bits per heavy atom. The van der Waals surface area contributed by atoms with E-state index in [1.165, 1.54) is 26.2 Å². The third-order valence-corrected chi connectivity index (χ3v) is 4.58. The molecule has 4 rings (SSSR count). The zero-order valence-electron chi connectivity index (χ0n) is 16.5. The van der Waals surface area contributed by atoms with Crippen molar-refractivity contribution < 1.29 is 26.4 Å². The van der Waals surface area contributed by atoms with E-state index in [0.29, 0.717) is 0 Å². The molecule has 0 amide bonds. The molecule has 0 aromatic rings. The van der Waals surface area contributed by atoms with Crippen LogP contribution in [-0.4, -0.2) is 73.7 Å². The summed E-state index contributed by atoms with van der Waals surface area (Å²) in [6.45, 7) is 8.84. The quantitative estimate of drug-likeness (QED) is 0.334. The van der Waals surface area contributed by atoms with Gasteiger partial charge in [-0.3, -0.25) is 19.4 Å². The van der Waals surface area contributed by atoms with Crippen molar-refractivity contribution in [2.45, 2.75) is 0 Å². The number of ketones is 2. The maximum atomic E-state index is 11.3. The number of carbonyl (C=O) groups excluding carboxylic acids is 2. The van der Waals surface area contributed by atoms with E-state index in [0.717, 1.165) is 37.3 Å². The van der Waals surface area contributed by atoms with Gasteiger partial charge in [0.05, 0.1) is 0 Å². The minimum absolute atomic E-state index is 0. The number of nitrogens with zero attached hydrogens (tertiary/aromatic N) is 2. The SMILES string of the molecule is O=C1C=CC=CC1=CNCCN1CC1.O=C1C=CC=CC1=CNCCN1CC1.[Co+2]. The molecular weight excluding hydrogens is 411 g/mol. The van der Waals surface area contributed by atoms with Crippen molar-refractivity contribution >= 4 is 11.6 Å². The molecule has 0 aromatic heterocycles. The normalized spacial score (nSPS) is 22.3. The zero-order chi connectivity index (χ0) is 19.6. The van der Waals surface area contributed by atoms with E-state index in [1.54, 1.807) is 36.7 Å². The van der Waals surface area contributed by atoms with Crippen molar-refractivity contribution in [3.63, 3.8) is 0 Å². The van der Waals surface area contributed by atoms with Crippen LogP contribution in [-0.2, 0) is 26.4 Å². The minimum Gasteiger partial charge on any atom is -0.389 e. The summed E-state index contributed by atoms with van der Waals surface area (Å²) in [6, 6.07) is 0. The molecule has 1 radical (unpaired) electrons. The van der Waals surface area contributed by atoms with Gasteiger partial charge < -0.3 is 10.6 Å². The number of hydrogen-bond acceptors (Lipinski definition) is 6. The van der Waals surface area contributed by atoms with Crippen LogP contribution in [0.2, 0.25) is 0 Å². The fourth-order valence-electron chi connectivity index (χ4n) is 2.60. The minimum atomic E-state index is 0. The summed E-state index contributed by atoms with van der Waals surface area (Å²) in [5.74, 6) is 0.151. The van der Waals surface area contributed by atoms with Gasteiger partial charge in [0.15, 0.2) is 11.6 Å². The van der Waals surface area contributed by atoms with E-state index in [2.05, 4.69) is 20.4 Å². The topological polar surface area (TPSA) is 64.2 Å². The Kier molecular flexibility index (Phi) is 9.86. The predicted octanol–water partition coefficient (Wildman–Crippen LogP) is 0.939. The fourth-order valence-corrected chi connectivity index (χ4v) is 2.60. The van der Waals surface area contributed by atoms with E-state index >= 15 is 0 Å². The van der Waals surface area contributed by atoms with Gasteiger partial charge in [-0.15, -0.1) is 0 Å². The largest absolute Gasteiger partial charge is 2.00 e. The van der Waals surface area contributed by atoms with Crippen molar-refractivity contribution in [3.05, 3.63) is 72.2 Å². The second kappa shape index (κ2) is 12.4. The van der Waals surface area contributed by atoms with Crippen LogP contribution in [0.25, 0.3) is 0 Å². The molecule has 0 unspecified atom stereocenters. The third-order valence-electron chi connectivity index (χ3n) is 4.58. The first-order chi connectivity index (χ1) is 13.7. The van der Waals surface area contributed by atoms with Gasteiger partial charge in [-0.1, -0.05) is 24.3 Å². The smallest absolute Gasteiger partial charge is 0.389 e. The van der Waals surface area contributed by atoms with Crippen LogP contribution in [0.15, 0.2) is 72.2 Å². The van der Waals surface area contributed by atoms with Crippen molar-refractivity contribution in [2.24, 2.45) is 0 Å². The molecule has 2 saturated heterocycles. The van der Waals surface area contributed by atoms with Gasteiger partial charge in [-0.2, -0.15) is 0 Å². The van der Waals surface area contributed by atoms with Gasteiger partial charge in [0.25, 0.3) is 0 Å². The molecule has 155 valence electrons. The van der Waals surface area contributed by atoms with Gasteiger partial charge in [0.2, 0.25) is 0 Å². The zero-order valence-corrected chi connectivity index (χ0v) is 17.5. The van der Waals surface area contributed by atoms with Crippen LogP contribution in [0.4, 0.5) is 0 Å². The van der Waals surface area contributed by atoms with Crippen molar-refractivity contribution in [1.29, 1.82) is 0 Å². The van der Waals surface area contributed by atoms with Gasteiger partial charge in [0.1, 0.15) is 0 Å². The molecule has 2 aliphatic carbocycles. The van der Waals surface area contributed by atoms with Gasteiger partial charge in [-0.05, 0) is 24.3 Å². The number of hydrogen-bond donors (Lipinski definition) is 2. The average molecular weight is 439 g/mol. The molecule has 0 spiro atoms. The van der Waals surface area contributed by atoms with Gasteiger partial charge in [-0.25, -0.2) is 0 Å². The molecule has 0 aromatic carbocycles. The Labute approximate surface area is 183 Å². The molecule has 4 aliphatic rings. The molecule has 0 saturated carbocycles. The number of carbonyl (C=O) groups is 2. The standard InChI is InChI=1S/2C11H14N2O.Co/c2*14-11-4-2-1-3-10(11)9-12-5-6-13-7-8-13;/h2*1-4,9,12H,5-8H2;/q;;+2. The molecule has 2 N–H and O–H groups in total. The summed E-state index contributed by atoms with van der Waals surface area (Å²) in [5, 5.41) is 6.29. The predicted molar refractivity (Wildman–Crippen MR) is 112 cm³/mol. The molecule has 29 heavy (non-hydrogen) atoms. The van der Waals surface area contributed by atoms with E-state index < -0.39 is 0 Å². The summed E-state index contributed by atoms with van der Waals surface area (Å²) < 4.78 is 0. The van der Waals surface area contributed by atoms with E-state index in [9.17, 15) is 9.59 Å². The Bertz CT molecular complexity index is 693. The molecule has 7 heteroatoms. The van der Waals surface area contributed by atoms with Gasteiger partial charge in [0, 0.05) is 75.9 Å². The second-order valence-electron chi connectivity index (χ2n) is 6.96. The molecule has 0 atom stereocenters. The third kappa shape index (κ3) is 9.23. The number of allylic oxidation sites excluding steroid dienone is 10. The van der Waals surface area contributed by atoms with Crippen LogP contribution < -0.4 is 10.6 Å². The van der Waals surface area contributed by atoms with Crippen LogP contribution in [0, 0.1) is 0 Å². The summed E-state index contributed by atoms with van der Waals surface area (Å²) in [5.41, 5.74) is 1.47. The average Bonchev–Trinajstić information content (AvgIpc) is 3.61. The first-order valence-corrected chi connectivity index (χ1v) is 9.82. The van der Waals surface area contributed by atoms with Crippen LogP contribution in [0.5, 0.6) is 0 Å². The first kappa shape index (κ1) is 23.1. The summed E-state index contributed by atoms with van der Waals surface area (Å²) >= 11 is 0. The van der Waals surface area contributed by atoms with Crippen molar-refractivity contribution in [1.82, 2.24) is 20.4 Å².